The van der Waals surface area contributed by atoms with Crippen molar-refractivity contribution in [2.75, 3.05) is 20.7 Å². The molecule has 37 heavy (non-hydrogen) atoms. The Morgan fingerprint density at radius 3 is 2.54 bits per heavy atom. The lowest BCUT2D eigenvalue weighted by Crippen LogP contribution is -2.41. The molecule has 0 heterocycles. The lowest BCUT2D eigenvalue weighted by atomic mass is 9.87. The second-order valence-electron chi connectivity index (χ2n) is 10.3. The van der Waals surface area contributed by atoms with Crippen molar-refractivity contribution in [1.29, 1.82) is 0 Å². The first-order valence-corrected chi connectivity index (χ1v) is 13.7. The molecule has 0 unspecified atom stereocenters. The first-order chi connectivity index (χ1) is 17.8. The third-order valence-corrected chi connectivity index (χ3v) is 7.78. The number of hydrogen-bond acceptors (Lipinski definition) is 5. The molecule has 1 saturated carbocycles. The van der Waals surface area contributed by atoms with E-state index < -0.39 is 11.9 Å². The van der Waals surface area contributed by atoms with E-state index in [0.29, 0.717) is 5.56 Å². The molecule has 1 atom stereocenters. The van der Waals surface area contributed by atoms with E-state index in [-0.39, 0.29) is 23.8 Å². The van der Waals surface area contributed by atoms with Gasteiger partial charge >= 0.3 is 0 Å². The summed E-state index contributed by atoms with van der Waals surface area (Å²) in [5, 5.41) is 3.19. The van der Waals surface area contributed by atoms with E-state index in [1.54, 1.807) is 0 Å². The van der Waals surface area contributed by atoms with Gasteiger partial charge in [0.1, 0.15) is 0 Å². The maximum absolute atomic E-state index is 13.5. The number of nitrogens with one attached hydrogen (secondary N) is 1. The van der Waals surface area contributed by atoms with Crippen LogP contribution in [0, 0.1) is 12.8 Å². The molecule has 200 valence electrons. The molecule has 1 fully saturated rings. The smallest absolute Gasteiger partial charge is 0.252 e. The molecule has 0 bridgehead atoms. The molecule has 0 saturated heterocycles. The minimum absolute atomic E-state index is 0.102. The van der Waals surface area contributed by atoms with Crippen LogP contribution in [0.4, 0.5) is 0 Å². The third kappa shape index (κ3) is 8.64. The summed E-state index contributed by atoms with van der Waals surface area (Å²) in [6.45, 7) is 3.95. The summed E-state index contributed by atoms with van der Waals surface area (Å²) in [4.78, 5) is 27.2. The Labute approximate surface area is 226 Å². The molecule has 2 aromatic rings. The first kappa shape index (κ1) is 28.8. The van der Waals surface area contributed by atoms with Crippen molar-refractivity contribution < 1.29 is 14.3 Å². The Morgan fingerprint density at radius 1 is 1.14 bits per heavy atom. The van der Waals surface area contributed by atoms with Crippen LogP contribution >= 0.6 is 12.2 Å². The number of hydrogen-bond donors (Lipinski definition) is 2. The van der Waals surface area contributed by atoms with Crippen LogP contribution in [0.15, 0.2) is 42.5 Å². The van der Waals surface area contributed by atoms with Crippen LogP contribution in [-0.2, 0) is 16.1 Å². The predicted octanol–water partition coefficient (Wildman–Crippen LogP) is 5.40. The van der Waals surface area contributed by atoms with Crippen molar-refractivity contribution >= 4 is 29.1 Å². The van der Waals surface area contributed by atoms with Crippen LogP contribution in [0.3, 0.4) is 0 Å². The summed E-state index contributed by atoms with van der Waals surface area (Å²) in [6.07, 6.45) is 8.49. The molecule has 1 aliphatic carbocycles. The van der Waals surface area contributed by atoms with Crippen molar-refractivity contribution in [2.24, 2.45) is 11.7 Å². The fourth-order valence-electron chi connectivity index (χ4n) is 5.17. The first-order valence-electron chi connectivity index (χ1n) is 13.3. The maximum atomic E-state index is 13.5. The number of carbonyl (C=O) groups is 2. The Balaban J connectivity index is 1.81. The van der Waals surface area contributed by atoms with E-state index in [2.05, 4.69) is 36.3 Å². The molecule has 0 aromatic heterocycles. The van der Waals surface area contributed by atoms with Crippen LogP contribution < -0.4 is 11.1 Å². The Kier molecular flexibility index (Phi) is 11.1. The lowest BCUT2D eigenvalue weighted by Gasteiger charge is -2.25. The number of benzene rings is 2. The van der Waals surface area contributed by atoms with Gasteiger partial charge in [-0.05, 0) is 85.9 Å². The second kappa shape index (κ2) is 14.2. The van der Waals surface area contributed by atoms with Crippen LogP contribution in [-0.4, -0.2) is 48.5 Å². The molecular weight excluding hydrogens is 482 g/mol. The average molecular weight is 524 g/mol. The summed E-state index contributed by atoms with van der Waals surface area (Å²) in [5.41, 5.74) is 10.0. The van der Waals surface area contributed by atoms with E-state index in [1.807, 2.05) is 30.3 Å². The highest BCUT2D eigenvalue weighted by Gasteiger charge is 2.22. The fraction of sp³-hybridized carbons (Fsp3) is 0.500. The molecule has 0 spiro atoms. The number of primary amides is 1. The summed E-state index contributed by atoms with van der Waals surface area (Å²) >= 11 is 5.29. The molecule has 3 rings (SSSR count). The summed E-state index contributed by atoms with van der Waals surface area (Å²) in [6, 6.07) is 13.5. The summed E-state index contributed by atoms with van der Waals surface area (Å²) in [7, 11) is 3.63. The molecule has 7 heteroatoms. The van der Waals surface area contributed by atoms with Gasteiger partial charge in [0.25, 0.3) is 5.91 Å². The highest BCUT2D eigenvalue weighted by atomic mass is 32.1. The zero-order valence-electron chi connectivity index (χ0n) is 22.4. The number of nitrogens with two attached hydrogens (primary N) is 1. The van der Waals surface area contributed by atoms with E-state index in [1.165, 1.54) is 51.2 Å². The normalized spacial score (nSPS) is 14.8. The number of amides is 2. The minimum Gasteiger partial charge on any atom is -0.488 e. The number of methoxy groups -OCH3 is 1. The van der Waals surface area contributed by atoms with Gasteiger partial charge < -0.3 is 20.7 Å². The van der Waals surface area contributed by atoms with Gasteiger partial charge in [-0.1, -0.05) is 62.4 Å². The Hall–Kier alpha value is -2.77. The van der Waals surface area contributed by atoms with Crippen molar-refractivity contribution in [3.8, 4) is 11.1 Å². The van der Waals surface area contributed by atoms with Gasteiger partial charge in [0.15, 0.2) is 5.05 Å². The molecule has 2 aromatic carbocycles. The van der Waals surface area contributed by atoms with Gasteiger partial charge in [0, 0.05) is 18.5 Å². The van der Waals surface area contributed by atoms with Crippen LogP contribution in [0.1, 0.15) is 72.9 Å². The van der Waals surface area contributed by atoms with Crippen molar-refractivity contribution in [3.63, 3.8) is 0 Å². The molecule has 1 aliphatic rings. The largest absolute Gasteiger partial charge is 0.488 e. The highest BCUT2D eigenvalue weighted by Crippen LogP contribution is 2.30. The molecule has 0 radical (unpaired) electrons. The standard InChI is InChI=1S/C30H41N3O3S/c1-21-9-7-8-12-24(21)26-19-23(20-33(2)18-17-22-10-5-4-6-11-22)13-14-25(26)29(35)32-27(30(37)36-3)15-16-28(31)34/h7-9,12-14,19,22,27H,4-6,10-11,15-18,20H2,1-3H3,(H2,31,34)(H,32,35)/t27-/m0/s1. The van der Waals surface area contributed by atoms with Gasteiger partial charge in [-0.2, -0.15) is 0 Å². The molecule has 3 N–H and O–H groups in total. The highest BCUT2D eigenvalue weighted by molar-refractivity contribution is 7.80. The van der Waals surface area contributed by atoms with Gasteiger partial charge in [0.05, 0.1) is 13.2 Å². The maximum Gasteiger partial charge on any atom is 0.252 e. The minimum atomic E-state index is -0.588. The quantitative estimate of drug-likeness (QED) is 0.364. The Morgan fingerprint density at radius 2 is 1.86 bits per heavy atom. The van der Waals surface area contributed by atoms with Gasteiger partial charge in [-0.25, -0.2) is 0 Å². The number of rotatable bonds is 12. The Bertz CT molecular complexity index is 1080. The zero-order valence-corrected chi connectivity index (χ0v) is 23.2. The van der Waals surface area contributed by atoms with Crippen molar-refractivity contribution in [3.05, 3.63) is 59.2 Å². The number of carbonyl (C=O) groups excluding carboxylic acids is 2. The topological polar surface area (TPSA) is 84.7 Å². The number of ether oxygens (including phenoxy) is 1. The van der Waals surface area contributed by atoms with Crippen LogP contribution in [0.2, 0.25) is 0 Å². The monoisotopic (exact) mass is 523 g/mol. The van der Waals surface area contributed by atoms with E-state index in [9.17, 15) is 9.59 Å². The summed E-state index contributed by atoms with van der Waals surface area (Å²) in [5.74, 6) is 0.144. The van der Waals surface area contributed by atoms with Gasteiger partial charge in [0.2, 0.25) is 5.91 Å². The van der Waals surface area contributed by atoms with Gasteiger partial charge in [-0.15, -0.1) is 0 Å². The number of nitrogens with zero attached hydrogens (tertiary/aromatic N) is 1. The molecular formula is C30H41N3O3S. The molecule has 0 aliphatic heterocycles. The predicted molar refractivity (Wildman–Crippen MR) is 153 cm³/mol. The number of aryl methyl sites for hydroxylation is 1. The van der Waals surface area contributed by atoms with E-state index >= 15 is 0 Å². The fourth-order valence-corrected chi connectivity index (χ4v) is 5.35. The SMILES string of the molecule is COC(=S)[C@H](CCC(N)=O)NC(=O)c1ccc(CN(C)CCC2CCCCC2)cc1-c1ccccc1C. The number of thiocarbonyl (C=S) groups is 1. The van der Waals surface area contributed by atoms with E-state index in [0.717, 1.165) is 35.7 Å². The van der Waals surface area contributed by atoms with Crippen LogP contribution in [0.25, 0.3) is 11.1 Å². The summed E-state index contributed by atoms with van der Waals surface area (Å²) < 4.78 is 5.20. The third-order valence-electron chi connectivity index (χ3n) is 7.33. The average Bonchev–Trinajstić information content (AvgIpc) is 2.90. The van der Waals surface area contributed by atoms with Crippen molar-refractivity contribution in [2.45, 2.75) is 70.9 Å². The molecule has 6 nitrogen and oxygen atoms in total. The zero-order chi connectivity index (χ0) is 26.8. The van der Waals surface area contributed by atoms with E-state index in [4.69, 9.17) is 22.7 Å². The second-order valence-corrected chi connectivity index (χ2v) is 10.7. The van der Waals surface area contributed by atoms with Gasteiger partial charge in [-0.3, -0.25) is 9.59 Å². The van der Waals surface area contributed by atoms with Crippen LogP contribution in [0.5, 0.6) is 0 Å². The molecule has 2 amide bonds. The lowest BCUT2D eigenvalue weighted by molar-refractivity contribution is -0.118. The van der Waals surface area contributed by atoms with Crippen molar-refractivity contribution in [1.82, 2.24) is 10.2 Å².